The first kappa shape index (κ1) is 20.2. The van der Waals surface area contributed by atoms with Crippen molar-refractivity contribution in [3.63, 3.8) is 0 Å². The summed E-state index contributed by atoms with van der Waals surface area (Å²) in [6, 6.07) is 0. The van der Waals surface area contributed by atoms with Crippen LogP contribution in [0.25, 0.3) is 0 Å². The smallest absolute Gasteiger partial charge is 0.396 e. The van der Waals surface area contributed by atoms with Crippen LogP contribution >= 0.6 is 15.6 Å². The van der Waals surface area contributed by atoms with Crippen molar-refractivity contribution in [1.82, 2.24) is 0 Å². The van der Waals surface area contributed by atoms with Gasteiger partial charge in [-0.05, 0) is 12.8 Å². The van der Waals surface area contributed by atoms with E-state index in [1.54, 1.807) is 0 Å². The molecule has 0 saturated heterocycles. The molecule has 0 amide bonds. The van der Waals surface area contributed by atoms with Crippen LogP contribution < -0.4 is 0 Å². The third-order valence-electron chi connectivity index (χ3n) is 1.76. The van der Waals surface area contributed by atoms with Gasteiger partial charge in [-0.3, -0.25) is 28.8 Å². The Kier molecular flexibility index (Phi) is 8.91. The lowest BCUT2D eigenvalue weighted by atomic mass is 10.3. The molecule has 11 nitrogen and oxygen atoms in total. The molecule has 0 spiro atoms. The maximum atomic E-state index is 11.2. The molecule has 0 rings (SSSR count). The number of carbonyl (C=O) groups excluding carboxylic acids is 2. The van der Waals surface area contributed by atoms with Crippen LogP contribution in [0, 0.1) is 0 Å². The first-order valence-electron chi connectivity index (χ1n) is 5.64. The largest absolute Gasteiger partial charge is 0.529 e. The molecule has 0 saturated carbocycles. The van der Waals surface area contributed by atoms with Crippen molar-refractivity contribution in [1.29, 1.82) is 0 Å². The summed E-state index contributed by atoms with van der Waals surface area (Å²) in [5.74, 6) is -2.24. The molecular weight excluding hydrogens is 334 g/mol. The average molecular weight is 350 g/mol. The third-order valence-corrected chi connectivity index (χ3v) is 3.14. The van der Waals surface area contributed by atoms with Crippen molar-refractivity contribution < 1.29 is 52.1 Å². The SMILES string of the molecule is O=C(CCCOP(=O)(O)OC(=O)CCCO)OP(=O)(O)O. The average Bonchev–Trinajstić information content (AvgIpc) is 2.29. The van der Waals surface area contributed by atoms with Gasteiger partial charge < -0.3 is 14.2 Å². The van der Waals surface area contributed by atoms with Gasteiger partial charge in [0, 0.05) is 19.4 Å². The fraction of sp³-hybridized carbons (Fsp3) is 0.750. The standard InChI is InChI=1S/C8H16O11P2/c9-5-1-3-8(11)19-21(15,16)17-6-2-4-7(10)18-20(12,13)14/h9H,1-6H2,(H,15,16)(H2,12,13,14). The number of hydrogen-bond donors (Lipinski definition) is 4. The Morgan fingerprint density at radius 1 is 0.905 bits per heavy atom. The van der Waals surface area contributed by atoms with E-state index < -0.39 is 40.6 Å². The van der Waals surface area contributed by atoms with E-state index in [-0.39, 0.29) is 25.9 Å². The maximum absolute atomic E-state index is 11.2. The highest BCUT2D eigenvalue weighted by molar-refractivity contribution is 7.48. The number of carbonyl (C=O) groups is 2. The van der Waals surface area contributed by atoms with Crippen LogP contribution in [0.1, 0.15) is 25.7 Å². The van der Waals surface area contributed by atoms with Crippen molar-refractivity contribution in [2.45, 2.75) is 25.7 Å². The summed E-state index contributed by atoms with van der Waals surface area (Å²) in [4.78, 5) is 47.6. The minimum absolute atomic E-state index is 0.0625. The van der Waals surface area contributed by atoms with Crippen LogP contribution in [0.2, 0.25) is 0 Å². The van der Waals surface area contributed by atoms with Crippen LogP contribution in [0.3, 0.4) is 0 Å². The predicted octanol–water partition coefficient (Wildman–Crippen LogP) is -0.165. The van der Waals surface area contributed by atoms with Gasteiger partial charge in [0.15, 0.2) is 0 Å². The lowest BCUT2D eigenvalue weighted by molar-refractivity contribution is -0.138. The number of aliphatic hydroxyl groups is 1. The van der Waals surface area contributed by atoms with E-state index in [4.69, 9.17) is 19.8 Å². The molecule has 0 heterocycles. The maximum Gasteiger partial charge on any atom is 0.529 e. The predicted molar refractivity (Wildman–Crippen MR) is 65.6 cm³/mol. The van der Waals surface area contributed by atoms with Crippen molar-refractivity contribution in [2.24, 2.45) is 0 Å². The van der Waals surface area contributed by atoms with Crippen LogP contribution in [-0.4, -0.2) is 44.9 Å². The quantitative estimate of drug-likeness (QED) is 0.304. The molecule has 124 valence electrons. The number of phosphoric ester groups is 2. The van der Waals surface area contributed by atoms with Gasteiger partial charge in [0.1, 0.15) is 0 Å². The van der Waals surface area contributed by atoms with Crippen LogP contribution in [0.4, 0.5) is 0 Å². The van der Waals surface area contributed by atoms with E-state index in [2.05, 4.69) is 13.6 Å². The first-order chi connectivity index (χ1) is 9.56. The van der Waals surface area contributed by atoms with E-state index in [1.807, 2.05) is 0 Å². The van der Waals surface area contributed by atoms with E-state index in [0.717, 1.165) is 0 Å². The molecule has 0 aromatic rings. The zero-order chi connectivity index (χ0) is 16.5. The Hall–Kier alpha value is -0.800. The first-order valence-corrected chi connectivity index (χ1v) is 8.67. The summed E-state index contributed by atoms with van der Waals surface area (Å²) in [6.07, 6.45) is -0.854. The normalized spacial score (nSPS) is 14.3. The lowest BCUT2D eigenvalue weighted by Crippen LogP contribution is -2.07. The van der Waals surface area contributed by atoms with Crippen LogP contribution in [-0.2, 0) is 32.3 Å². The van der Waals surface area contributed by atoms with Gasteiger partial charge in [-0.1, -0.05) is 0 Å². The van der Waals surface area contributed by atoms with Gasteiger partial charge >= 0.3 is 27.6 Å². The number of phosphoric acid groups is 2. The van der Waals surface area contributed by atoms with E-state index in [9.17, 15) is 18.7 Å². The van der Waals surface area contributed by atoms with Gasteiger partial charge in [-0.15, -0.1) is 0 Å². The zero-order valence-corrected chi connectivity index (χ0v) is 12.6. The van der Waals surface area contributed by atoms with Crippen molar-refractivity contribution >= 4 is 27.6 Å². The van der Waals surface area contributed by atoms with Gasteiger partial charge in [0.2, 0.25) is 0 Å². The number of aliphatic hydroxyl groups excluding tert-OH is 1. The molecule has 21 heavy (non-hydrogen) atoms. The van der Waals surface area contributed by atoms with E-state index >= 15 is 0 Å². The van der Waals surface area contributed by atoms with Crippen LogP contribution in [0.15, 0.2) is 0 Å². The molecule has 0 radical (unpaired) electrons. The second-order valence-corrected chi connectivity index (χ2v) is 6.19. The summed E-state index contributed by atoms with van der Waals surface area (Å²) >= 11 is 0. The molecule has 13 heteroatoms. The summed E-state index contributed by atoms with van der Waals surface area (Å²) in [6.45, 7) is -0.759. The minimum atomic E-state index is -4.92. The van der Waals surface area contributed by atoms with E-state index in [1.165, 1.54) is 0 Å². The molecular formula is C8H16O11P2. The molecule has 0 aromatic carbocycles. The lowest BCUT2D eigenvalue weighted by Gasteiger charge is -2.11. The molecule has 0 aliphatic carbocycles. The fourth-order valence-electron chi connectivity index (χ4n) is 0.999. The van der Waals surface area contributed by atoms with Crippen molar-refractivity contribution in [2.75, 3.05) is 13.2 Å². The van der Waals surface area contributed by atoms with Gasteiger partial charge in [-0.25, -0.2) is 9.13 Å². The second-order valence-electron chi connectivity index (χ2n) is 3.65. The minimum Gasteiger partial charge on any atom is -0.396 e. The second kappa shape index (κ2) is 9.26. The van der Waals surface area contributed by atoms with Crippen molar-refractivity contribution in [3.05, 3.63) is 0 Å². The van der Waals surface area contributed by atoms with Crippen molar-refractivity contribution in [3.8, 4) is 0 Å². The summed E-state index contributed by atoms with van der Waals surface area (Å²) < 4.78 is 33.7. The van der Waals surface area contributed by atoms with Gasteiger partial charge in [0.05, 0.1) is 6.61 Å². The van der Waals surface area contributed by atoms with Gasteiger partial charge in [0.25, 0.3) is 0 Å². The van der Waals surface area contributed by atoms with E-state index in [0.29, 0.717) is 0 Å². The summed E-state index contributed by atoms with van der Waals surface area (Å²) in [5, 5.41) is 8.45. The summed E-state index contributed by atoms with van der Waals surface area (Å²) in [5.41, 5.74) is 0. The monoisotopic (exact) mass is 350 g/mol. The number of rotatable bonds is 10. The fourth-order valence-corrected chi connectivity index (χ4v) is 2.12. The summed E-state index contributed by atoms with van der Waals surface area (Å²) in [7, 11) is -9.54. The molecule has 4 N–H and O–H groups in total. The molecule has 0 aromatic heterocycles. The molecule has 0 aliphatic rings. The Balaban J connectivity index is 3.94. The zero-order valence-electron chi connectivity index (χ0n) is 10.8. The Bertz CT molecular complexity index is 442. The Morgan fingerprint density at radius 2 is 1.43 bits per heavy atom. The van der Waals surface area contributed by atoms with Gasteiger partial charge in [-0.2, -0.15) is 0 Å². The molecule has 1 unspecified atom stereocenters. The molecule has 0 bridgehead atoms. The Morgan fingerprint density at radius 3 is 1.95 bits per heavy atom. The highest BCUT2D eigenvalue weighted by atomic mass is 31.2. The molecule has 0 aliphatic heterocycles. The topological polar surface area (TPSA) is 177 Å². The molecule has 0 fully saturated rings. The highest BCUT2D eigenvalue weighted by Crippen LogP contribution is 2.44. The Labute approximate surface area is 119 Å². The number of hydrogen-bond acceptors (Lipinski definition) is 8. The third kappa shape index (κ3) is 12.6. The molecule has 1 atom stereocenters. The van der Waals surface area contributed by atoms with Crippen LogP contribution in [0.5, 0.6) is 0 Å². The highest BCUT2D eigenvalue weighted by Gasteiger charge is 2.26.